The quantitative estimate of drug-likeness (QED) is 0.117. The zero-order valence-corrected chi connectivity index (χ0v) is 40.1. The van der Waals surface area contributed by atoms with Gasteiger partial charge in [-0.2, -0.15) is 0 Å². The van der Waals surface area contributed by atoms with E-state index in [0.717, 1.165) is 0 Å². The molecule has 0 aromatic heterocycles. The summed E-state index contributed by atoms with van der Waals surface area (Å²) in [5.74, 6) is 0. The maximum Gasteiger partial charge on any atom is 0.187 e. The third-order valence-corrected chi connectivity index (χ3v) is 14.7. The highest BCUT2D eigenvalue weighted by Crippen LogP contribution is 2.39. The lowest BCUT2D eigenvalue weighted by Crippen LogP contribution is -2.68. The second-order valence-electron chi connectivity index (χ2n) is 19.6. The highest BCUT2D eigenvalue weighted by molar-refractivity contribution is 5.01. The number of hydrogen-bond acceptors (Lipinski definition) is 34. The minimum absolute atomic E-state index is 0.999. The Morgan fingerprint density at radius 2 is 0.342 bits per heavy atom. The molecule has 21 saturated heterocycles. The molecule has 0 amide bonds. The predicted octanol–water partition coefficient (Wildman–Crippen LogP) is -14.2. The first kappa shape index (κ1) is 60.7. The third kappa shape index (κ3) is 11.7. The van der Waals surface area contributed by atoms with Gasteiger partial charge >= 0.3 is 0 Å². The van der Waals surface area contributed by atoms with Gasteiger partial charge in [-0.05, 0) is 6.92 Å². The first-order valence-corrected chi connectivity index (χ1v) is 24.5. The van der Waals surface area contributed by atoms with Crippen LogP contribution in [-0.4, -0.2) is 357 Å². The first-order chi connectivity index (χ1) is 36.1. The molecule has 21 fully saturated rings. The van der Waals surface area contributed by atoms with E-state index in [0.29, 0.717) is 0 Å². The Balaban J connectivity index is 1.07. The number of aliphatic hydroxyl groups is 20. The molecule has 0 radical (unpaired) electrons. The molecule has 21 heterocycles. The Kier molecular flexibility index (Phi) is 20.3. The number of aliphatic hydroxyl groups excluding tert-OH is 20. The van der Waals surface area contributed by atoms with Gasteiger partial charge in [0, 0.05) is 0 Å². The summed E-state index contributed by atoms with van der Waals surface area (Å²) in [6, 6.07) is 0. The van der Waals surface area contributed by atoms with Crippen LogP contribution in [0.2, 0.25) is 0 Å². The summed E-state index contributed by atoms with van der Waals surface area (Å²) in [5, 5.41) is 220. The van der Waals surface area contributed by atoms with E-state index in [2.05, 4.69) is 0 Å². The predicted molar refractivity (Wildman–Crippen MR) is 227 cm³/mol. The van der Waals surface area contributed by atoms with Crippen molar-refractivity contribution in [2.75, 3.05) is 39.6 Å². The van der Waals surface area contributed by atoms with Gasteiger partial charge in [-0.15, -0.1) is 0 Å². The van der Waals surface area contributed by atoms with E-state index >= 15 is 0 Å². The van der Waals surface area contributed by atoms with E-state index in [9.17, 15) is 102 Å². The smallest absolute Gasteiger partial charge is 0.187 e. The largest absolute Gasteiger partial charge is 0.394 e. The summed E-state index contributed by atoms with van der Waals surface area (Å²) in [6.45, 7) is -4.83. The molecule has 0 saturated carbocycles. The molecule has 21 aliphatic rings. The van der Waals surface area contributed by atoms with Crippen molar-refractivity contribution in [2.24, 2.45) is 0 Å². The van der Waals surface area contributed by atoms with Gasteiger partial charge in [-0.25, -0.2) is 0 Å². The summed E-state index contributed by atoms with van der Waals surface area (Å²) in [7, 11) is 0. The van der Waals surface area contributed by atoms with Crippen molar-refractivity contribution in [2.45, 2.75) is 222 Å². The summed E-state index contributed by atoms with van der Waals surface area (Å²) in [4.78, 5) is 0. The first-order valence-electron chi connectivity index (χ1n) is 24.5. The van der Waals surface area contributed by atoms with Gasteiger partial charge in [0.05, 0.1) is 45.7 Å². The van der Waals surface area contributed by atoms with Gasteiger partial charge in [-0.3, -0.25) is 0 Å². The van der Waals surface area contributed by atoms with Gasteiger partial charge in [-0.1, -0.05) is 0 Å². The van der Waals surface area contributed by atoms with Crippen LogP contribution in [0.1, 0.15) is 6.92 Å². The molecule has 0 aromatic rings. The summed E-state index contributed by atoms with van der Waals surface area (Å²) < 4.78 is 79.8. The lowest BCUT2D eigenvalue weighted by atomic mass is 9.95. The average molecular weight is 1120 g/mol. The van der Waals surface area contributed by atoms with Crippen LogP contribution in [0.15, 0.2) is 0 Å². The molecule has 34 heteroatoms. The fourth-order valence-electron chi connectivity index (χ4n) is 10.4. The second kappa shape index (κ2) is 25.4. The normalized spacial score (nSPS) is 55.9. The highest BCUT2D eigenvalue weighted by Gasteiger charge is 2.59. The van der Waals surface area contributed by atoms with Crippen molar-refractivity contribution < 1.29 is 168 Å². The number of rotatable bonds is 6. The lowest BCUT2D eigenvalue weighted by Gasteiger charge is -2.50. The van der Waals surface area contributed by atoms with Crippen molar-refractivity contribution in [1.82, 2.24) is 0 Å². The Labute approximate surface area is 429 Å². The molecule has 0 spiro atoms. The van der Waals surface area contributed by atoms with Crippen LogP contribution in [0.4, 0.5) is 0 Å². The molecular weight excluding hydrogens is 1050 g/mol. The minimum atomic E-state index is -2.20. The monoisotopic (exact) mass is 1120 g/mol. The SMILES string of the molecule is CC1O[C@H]2O[C@@H]3C(CO)O[C@H](O[C@@H]4C(CO)O[C@H](O[C@@H]5C(CO)O[C@@H](O[C@@H]6C(CO)O[C@@H](O[C@@H]7C(CO)O[C@H](O[C@@H]8C(CO)O[C@H](O[C@H]1[C@H](O)C2O)C(O)[C@H]8O)C(O)[C@H]7O)C(O)[C@H]6O)C(O)[C@H]5O)C(O)[C@H]4O)C(O)[C@H]3O. The molecule has 34 nitrogen and oxygen atoms in total. The van der Waals surface area contributed by atoms with Gasteiger partial charge in [0.15, 0.2) is 44.0 Å². The van der Waals surface area contributed by atoms with Crippen LogP contribution in [-0.2, 0) is 66.3 Å². The molecule has 20 N–H and O–H groups in total. The van der Waals surface area contributed by atoms with E-state index < -0.39 is 255 Å². The van der Waals surface area contributed by atoms with Crippen LogP contribution in [0.3, 0.4) is 0 Å². The molecule has 0 aliphatic carbocycles. The van der Waals surface area contributed by atoms with Crippen LogP contribution in [0.25, 0.3) is 0 Å². The Hall–Kier alpha value is -1.36. The van der Waals surface area contributed by atoms with Crippen LogP contribution >= 0.6 is 0 Å². The van der Waals surface area contributed by atoms with Gasteiger partial charge in [0.1, 0.15) is 165 Å². The van der Waals surface area contributed by atoms with Gasteiger partial charge < -0.3 is 168 Å². The average Bonchev–Trinajstić information content (AvgIpc) is 3.42. The zero-order chi connectivity index (χ0) is 55.3. The van der Waals surface area contributed by atoms with Crippen LogP contribution in [0.5, 0.6) is 0 Å². The van der Waals surface area contributed by atoms with E-state index in [1.54, 1.807) is 0 Å². The van der Waals surface area contributed by atoms with Gasteiger partial charge in [0.2, 0.25) is 0 Å². The maximum absolute atomic E-state index is 11.3. The van der Waals surface area contributed by atoms with E-state index in [1.807, 2.05) is 0 Å². The fourth-order valence-corrected chi connectivity index (χ4v) is 10.4. The summed E-state index contributed by atoms with van der Waals surface area (Å²) in [6.07, 6.45) is -68.2. The van der Waals surface area contributed by atoms with E-state index in [4.69, 9.17) is 66.3 Å². The number of ether oxygens (including phenoxy) is 14. The molecule has 76 heavy (non-hydrogen) atoms. The Morgan fingerprint density at radius 1 is 0.197 bits per heavy atom. The molecule has 442 valence electrons. The zero-order valence-electron chi connectivity index (χ0n) is 40.1. The fraction of sp³-hybridized carbons (Fsp3) is 1.00. The Morgan fingerprint density at radius 3 is 0.513 bits per heavy atom. The summed E-state index contributed by atoms with van der Waals surface area (Å²) >= 11 is 0. The van der Waals surface area contributed by atoms with Crippen molar-refractivity contribution in [3.8, 4) is 0 Å². The van der Waals surface area contributed by atoms with Crippen molar-refractivity contribution in [3.63, 3.8) is 0 Å². The molecular formula is C42H70O34. The van der Waals surface area contributed by atoms with Crippen LogP contribution < -0.4 is 0 Å². The molecule has 21 aliphatic heterocycles. The van der Waals surface area contributed by atoms with Crippen molar-refractivity contribution >= 4 is 0 Å². The minimum Gasteiger partial charge on any atom is -0.394 e. The molecule has 0 aromatic carbocycles. The number of hydrogen-bond donors (Lipinski definition) is 20. The van der Waals surface area contributed by atoms with E-state index in [-0.39, 0.29) is 0 Å². The second-order valence-corrected chi connectivity index (χ2v) is 19.6. The molecule has 14 bridgehead atoms. The standard InChI is InChI=1S/C42H70O34/c1-8-29-15(49)22(56)36(63-8)71-30-9(2-43)65-38(24(58)17(30)51)73-32-11(4-45)67-40(26(60)19(32)53)75-34-13(6-47)69-42(28(62)21(34)55)76-35-14(7-48)68-41(27(61)20(35)54)74-33-12(5-46)66-39(25(59)18(33)52)72-31-10(3-44)64-37(70-29)23(57)16(31)50/h8-62H,2-7H2,1H3/t8?,9?,10?,11?,12?,13?,14?,15-,16-,17-,18-,19-,20-,21-,22?,23?,24?,25?,26?,27?,28?,29-,30-,31-,32-,33-,34-,35-,36+,37-,38-,39-,40-,41+,42+/m1/s1. The molecule has 35 atom stereocenters. The highest BCUT2D eigenvalue weighted by atomic mass is 16.8. The lowest BCUT2D eigenvalue weighted by molar-refractivity contribution is -0.396. The van der Waals surface area contributed by atoms with Crippen molar-refractivity contribution in [1.29, 1.82) is 0 Å². The summed E-state index contributed by atoms with van der Waals surface area (Å²) in [5.41, 5.74) is 0. The van der Waals surface area contributed by atoms with E-state index in [1.165, 1.54) is 6.92 Å². The van der Waals surface area contributed by atoms with Crippen LogP contribution in [0, 0.1) is 0 Å². The third-order valence-electron chi connectivity index (χ3n) is 14.7. The maximum atomic E-state index is 11.3. The van der Waals surface area contributed by atoms with Gasteiger partial charge in [0.25, 0.3) is 0 Å². The Bertz CT molecular complexity index is 1800. The van der Waals surface area contributed by atoms with Crippen molar-refractivity contribution in [3.05, 3.63) is 0 Å². The molecule has 21 rings (SSSR count). The molecule has 14 unspecified atom stereocenters. The topological polar surface area (TPSA) is 534 Å².